The highest BCUT2D eigenvalue weighted by Crippen LogP contribution is 2.21. The highest BCUT2D eigenvalue weighted by Gasteiger charge is 2.16. The van der Waals surface area contributed by atoms with Crippen LogP contribution in [-0.2, 0) is 6.42 Å². The highest BCUT2D eigenvalue weighted by molar-refractivity contribution is 5.53. The summed E-state index contributed by atoms with van der Waals surface area (Å²) in [6, 6.07) is 10.5. The lowest BCUT2D eigenvalue weighted by Gasteiger charge is -2.13. The molecule has 0 aliphatic carbocycles. The first-order valence-corrected chi connectivity index (χ1v) is 5.34. The van der Waals surface area contributed by atoms with Crippen LogP contribution in [-0.4, -0.2) is 10.1 Å². The molecule has 0 aliphatic heterocycles. The number of hydrogen-bond acceptors (Lipinski definition) is 3. The van der Waals surface area contributed by atoms with Gasteiger partial charge in [-0.05, 0) is 11.5 Å². The number of rotatable bonds is 2. The van der Waals surface area contributed by atoms with Gasteiger partial charge < -0.3 is 4.52 Å². The molecular weight excluding hydrogens is 200 g/mol. The van der Waals surface area contributed by atoms with Crippen LogP contribution in [0, 0.1) is 11.5 Å². The lowest BCUT2D eigenvalue weighted by atomic mass is 9.92. The van der Waals surface area contributed by atoms with Crippen LogP contribution in [0.1, 0.15) is 26.7 Å². The van der Waals surface area contributed by atoms with Crippen LogP contribution < -0.4 is 0 Å². The molecule has 3 heteroatoms. The van der Waals surface area contributed by atoms with Gasteiger partial charge in [-0.2, -0.15) is 4.98 Å². The van der Waals surface area contributed by atoms with Gasteiger partial charge in [0.05, 0.1) is 0 Å². The third-order valence-electron chi connectivity index (χ3n) is 2.13. The first kappa shape index (κ1) is 10.9. The second-order valence-corrected chi connectivity index (χ2v) is 5.04. The molecule has 0 unspecified atom stereocenters. The molecule has 0 bridgehead atoms. The fourth-order valence-electron chi connectivity index (χ4n) is 1.43. The van der Waals surface area contributed by atoms with E-state index in [0.29, 0.717) is 11.7 Å². The first-order valence-electron chi connectivity index (χ1n) is 5.34. The molecule has 1 heterocycles. The van der Waals surface area contributed by atoms with Crippen LogP contribution in [0.15, 0.2) is 28.8 Å². The quantitative estimate of drug-likeness (QED) is 0.772. The van der Waals surface area contributed by atoms with E-state index in [1.807, 2.05) is 24.3 Å². The molecule has 0 saturated carbocycles. The SMILES string of the molecule is CC(C)(C)Cc1nc(-c2cc[c]cc2)no1. The van der Waals surface area contributed by atoms with Crippen LogP contribution in [0.4, 0.5) is 0 Å². The molecule has 3 nitrogen and oxygen atoms in total. The largest absolute Gasteiger partial charge is 0.339 e. The van der Waals surface area contributed by atoms with Crippen molar-refractivity contribution in [2.24, 2.45) is 5.41 Å². The zero-order chi connectivity index (χ0) is 11.6. The third kappa shape index (κ3) is 2.69. The molecule has 0 amide bonds. The summed E-state index contributed by atoms with van der Waals surface area (Å²) < 4.78 is 5.22. The van der Waals surface area contributed by atoms with Gasteiger partial charge in [-0.25, -0.2) is 0 Å². The molecule has 0 fully saturated rings. The van der Waals surface area contributed by atoms with E-state index in [1.54, 1.807) is 0 Å². The Hall–Kier alpha value is -1.64. The Balaban J connectivity index is 2.21. The molecular formula is C13H15N2O. The fourth-order valence-corrected chi connectivity index (χ4v) is 1.43. The van der Waals surface area contributed by atoms with E-state index >= 15 is 0 Å². The van der Waals surface area contributed by atoms with Gasteiger partial charge in [-0.1, -0.05) is 50.2 Å². The van der Waals surface area contributed by atoms with Gasteiger partial charge in [0.1, 0.15) is 0 Å². The summed E-state index contributed by atoms with van der Waals surface area (Å²) in [5, 5.41) is 3.97. The van der Waals surface area contributed by atoms with Gasteiger partial charge in [0, 0.05) is 12.0 Å². The summed E-state index contributed by atoms with van der Waals surface area (Å²) in [7, 11) is 0. The molecule has 1 radical (unpaired) electrons. The van der Waals surface area contributed by atoms with Crippen molar-refractivity contribution in [2.75, 3.05) is 0 Å². The van der Waals surface area contributed by atoms with Crippen molar-refractivity contribution in [3.05, 3.63) is 36.2 Å². The normalized spacial score (nSPS) is 11.7. The molecule has 0 atom stereocenters. The van der Waals surface area contributed by atoms with Crippen LogP contribution in [0.5, 0.6) is 0 Å². The lowest BCUT2D eigenvalue weighted by molar-refractivity contribution is 0.314. The first-order chi connectivity index (χ1) is 7.54. The number of aromatic nitrogens is 2. The molecule has 16 heavy (non-hydrogen) atoms. The maximum atomic E-state index is 5.22. The third-order valence-corrected chi connectivity index (χ3v) is 2.13. The maximum Gasteiger partial charge on any atom is 0.227 e. The lowest BCUT2D eigenvalue weighted by Crippen LogP contribution is -2.09. The molecule has 0 saturated heterocycles. The van der Waals surface area contributed by atoms with E-state index in [4.69, 9.17) is 4.52 Å². The van der Waals surface area contributed by atoms with Crippen molar-refractivity contribution >= 4 is 0 Å². The smallest absolute Gasteiger partial charge is 0.227 e. The van der Waals surface area contributed by atoms with Crippen molar-refractivity contribution in [2.45, 2.75) is 27.2 Å². The van der Waals surface area contributed by atoms with Crippen LogP contribution in [0.2, 0.25) is 0 Å². The minimum absolute atomic E-state index is 0.161. The van der Waals surface area contributed by atoms with Crippen LogP contribution in [0.25, 0.3) is 11.4 Å². The summed E-state index contributed by atoms with van der Waals surface area (Å²) in [4.78, 5) is 4.37. The Morgan fingerprint density at radius 2 is 1.94 bits per heavy atom. The second-order valence-electron chi connectivity index (χ2n) is 5.04. The average molecular weight is 215 g/mol. The molecule has 2 aromatic rings. The van der Waals surface area contributed by atoms with E-state index in [1.165, 1.54) is 0 Å². The van der Waals surface area contributed by atoms with Crippen molar-refractivity contribution in [1.82, 2.24) is 10.1 Å². The molecule has 0 spiro atoms. The topological polar surface area (TPSA) is 38.9 Å². The Bertz CT molecular complexity index is 454. The minimum Gasteiger partial charge on any atom is -0.339 e. The predicted molar refractivity (Wildman–Crippen MR) is 61.7 cm³/mol. The van der Waals surface area contributed by atoms with Crippen LogP contribution in [0.3, 0.4) is 0 Å². The van der Waals surface area contributed by atoms with Gasteiger partial charge in [0.15, 0.2) is 0 Å². The minimum atomic E-state index is 0.161. The van der Waals surface area contributed by atoms with Gasteiger partial charge in [-0.15, -0.1) is 0 Å². The number of hydrogen-bond donors (Lipinski definition) is 0. The number of nitrogens with zero attached hydrogens (tertiary/aromatic N) is 2. The zero-order valence-corrected chi connectivity index (χ0v) is 9.82. The predicted octanol–water partition coefficient (Wildman–Crippen LogP) is 3.13. The second kappa shape index (κ2) is 4.08. The van der Waals surface area contributed by atoms with Crippen molar-refractivity contribution in [3.8, 4) is 11.4 Å². The Labute approximate surface area is 95.5 Å². The fraction of sp³-hybridized carbons (Fsp3) is 0.385. The molecule has 2 rings (SSSR count). The Morgan fingerprint density at radius 3 is 2.56 bits per heavy atom. The zero-order valence-electron chi connectivity index (χ0n) is 9.82. The van der Waals surface area contributed by atoms with E-state index in [0.717, 1.165) is 12.0 Å². The summed E-state index contributed by atoms with van der Waals surface area (Å²) in [5.41, 5.74) is 1.12. The highest BCUT2D eigenvalue weighted by atomic mass is 16.5. The molecule has 0 aliphatic rings. The maximum absolute atomic E-state index is 5.22. The average Bonchev–Trinajstić information content (AvgIpc) is 2.65. The van der Waals surface area contributed by atoms with Crippen LogP contribution >= 0.6 is 0 Å². The van der Waals surface area contributed by atoms with Gasteiger partial charge in [0.25, 0.3) is 0 Å². The van der Waals surface area contributed by atoms with Gasteiger partial charge in [0.2, 0.25) is 11.7 Å². The summed E-state index contributed by atoms with van der Waals surface area (Å²) in [6.45, 7) is 6.44. The summed E-state index contributed by atoms with van der Waals surface area (Å²) >= 11 is 0. The Kier molecular flexibility index (Phi) is 2.77. The van der Waals surface area contributed by atoms with Crippen molar-refractivity contribution in [1.29, 1.82) is 0 Å². The van der Waals surface area contributed by atoms with E-state index < -0.39 is 0 Å². The number of benzene rings is 1. The molecule has 83 valence electrons. The van der Waals surface area contributed by atoms with Gasteiger partial charge in [-0.3, -0.25) is 0 Å². The Morgan fingerprint density at radius 1 is 1.25 bits per heavy atom. The molecule has 1 aromatic heterocycles. The van der Waals surface area contributed by atoms with Gasteiger partial charge >= 0.3 is 0 Å². The standard InChI is InChI=1S/C13H15N2O/c1-13(2,3)9-11-14-12(15-16-11)10-7-5-4-6-8-10/h5-8H,9H2,1-3H3. The molecule has 0 N–H and O–H groups in total. The van der Waals surface area contributed by atoms with E-state index in [2.05, 4.69) is 37.0 Å². The molecule has 1 aromatic carbocycles. The van der Waals surface area contributed by atoms with Crippen molar-refractivity contribution in [3.63, 3.8) is 0 Å². The van der Waals surface area contributed by atoms with E-state index in [9.17, 15) is 0 Å². The monoisotopic (exact) mass is 215 g/mol. The van der Waals surface area contributed by atoms with Crippen molar-refractivity contribution < 1.29 is 4.52 Å². The summed E-state index contributed by atoms with van der Waals surface area (Å²) in [6.07, 6.45) is 0.791. The van der Waals surface area contributed by atoms with E-state index in [-0.39, 0.29) is 5.41 Å². The summed E-state index contributed by atoms with van der Waals surface area (Å²) in [5.74, 6) is 1.34.